The lowest BCUT2D eigenvalue weighted by atomic mass is 10.3. The second-order valence-corrected chi connectivity index (χ2v) is 6.47. The summed E-state index contributed by atoms with van der Waals surface area (Å²) in [5.41, 5.74) is 0.0994. The molecular weight excluding hydrogens is 462 g/mol. The Morgan fingerprint density at radius 1 is 0.758 bits per heavy atom. The minimum Gasteiger partial charge on any atom is -0.490 e. The van der Waals surface area contributed by atoms with E-state index in [0.29, 0.717) is 0 Å². The molecule has 33 heavy (non-hydrogen) atoms. The van der Waals surface area contributed by atoms with Crippen LogP contribution >= 0.6 is 0 Å². The van der Waals surface area contributed by atoms with Gasteiger partial charge in [-0.1, -0.05) is 6.58 Å². The lowest BCUT2D eigenvalue weighted by Gasteiger charge is -2.19. The van der Waals surface area contributed by atoms with Gasteiger partial charge in [0.1, 0.15) is 36.2 Å². The zero-order chi connectivity index (χ0) is 24.6. The summed E-state index contributed by atoms with van der Waals surface area (Å²) < 4.78 is 96.9. The molecule has 0 aliphatic heterocycles. The highest BCUT2D eigenvalue weighted by atomic mass is 19.4. The fourth-order valence-corrected chi connectivity index (χ4v) is 2.22. The topological polar surface area (TPSA) is 63.2 Å². The molecule has 0 fully saturated rings. The van der Waals surface area contributed by atoms with Crippen molar-refractivity contribution in [3.63, 3.8) is 0 Å². The Morgan fingerprint density at radius 2 is 1.09 bits per heavy atom. The molecule has 0 aromatic heterocycles. The number of carbonyl (C=O) groups is 1. The number of rotatable bonds is 10. The molecule has 0 unspecified atom stereocenters. The molecule has 0 amide bonds. The summed E-state index contributed by atoms with van der Waals surface area (Å²) >= 11 is 0. The highest BCUT2D eigenvalue weighted by Crippen LogP contribution is 2.26. The number of hydrogen-bond acceptors (Lipinski definition) is 6. The van der Waals surface area contributed by atoms with Crippen LogP contribution < -0.4 is 18.9 Å². The number of ether oxygens (including phenoxy) is 5. The summed E-state index contributed by atoms with van der Waals surface area (Å²) in [6.45, 7) is 4.39. The van der Waals surface area contributed by atoms with Crippen LogP contribution in [0.1, 0.15) is 6.92 Å². The highest BCUT2D eigenvalue weighted by Gasteiger charge is 2.31. The van der Waals surface area contributed by atoms with Gasteiger partial charge in [0, 0.05) is 5.57 Å². The SMILES string of the molecule is C=C(C)C(=O)OC(COc1ccc(OC(F)(F)F)cc1)COc1ccc(OC(F)(F)F)cc1. The molecule has 2 aromatic carbocycles. The van der Waals surface area contributed by atoms with Crippen LogP contribution in [0, 0.1) is 0 Å². The number of carbonyl (C=O) groups excluding carboxylic acids is 1. The molecule has 2 rings (SSSR count). The smallest absolute Gasteiger partial charge is 0.490 e. The van der Waals surface area contributed by atoms with Crippen molar-refractivity contribution < 1.29 is 54.8 Å². The number of alkyl halides is 6. The summed E-state index contributed by atoms with van der Waals surface area (Å²) in [5.74, 6) is -1.30. The first-order valence-electron chi connectivity index (χ1n) is 9.14. The van der Waals surface area contributed by atoms with Crippen LogP contribution in [-0.2, 0) is 9.53 Å². The van der Waals surface area contributed by atoms with Crippen molar-refractivity contribution in [2.75, 3.05) is 13.2 Å². The maximum atomic E-state index is 12.2. The monoisotopic (exact) mass is 480 g/mol. The third kappa shape index (κ3) is 10.1. The molecule has 0 aliphatic carbocycles. The van der Waals surface area contributed by atoms with E-state index in [4.69, 9.17) is 14.2 Å². The van der Waals surface area contributed by atoms with Gasteiger partial charge in [-0.05, 0) is 55.5 Å². The van der Waals surface area contributed by atoms with E-state index < -0.39 is 36.3 Å². The van der Waals surface area contributed by atoms with Crippen molar-refractivity contribution in [3.8, 4) is 23.0 Å². The van der Waals surface area contributed by atoms with E-state index in [1.165, 1.54) is 31.2 Å². The van der Waals surface area contributed by atoms with Crippen molar-refractivity contribution in [3.05, 3.63) is 60.7 Å². The zero-order valence-corrected chi connectivity index (χ0v) is 17.0. The van der Waals surface area contributed by atoms with Crippen molar-refractivity contribution in [2.45, 2.75) is 25.8 Å². The fraction of sp³-hybridized carbons (Fsp3) is 0.286. The van der Waals surface area contributed by atoms with Crippen LogP contribution in [-0.4, -0.2) is 38.0 Å². The molecule has 0 atom stereocenters. The van der Waals surface area contributed by atoms with Crippen LogP contribution in [0.3, 0.4) is 0 Å². The minimum absolute atomic E-state index is 0.0994. The quantitative estimate of drug-likeness (QED) is 0.257. The second kappa shape index (κ2) is 10.8. The van der Waals surface area contributed by atoms with Gasteiger partial charge in [-0.3, -0.25) is 0 Å². The Kier molecular flexibility index (Phi) is 8.44. The first-order chi connectivity index (χ1) is 15.3. The average Bonchev–Trinajstić information content (AvgIpc) is 2.69. The van der Waals surface area contributed by atoms with E-state index in [1.54, 1.807) is 0 Å². The normalized spacial score (nSPS) is 11.6. The second-order valence-electron chi connectivity index (χ2n) is 6.47. The molecule has 0 heterocycles. The largest absolute Gasteiger partial charge is 0.573 e. The zero-order valence-electron chi connectivity index (χ0n) is 17.0. The summed E-state index contributed by atoms with van der Waals surface area (Å²) in [4.78, 5) is 11.9. The van der Waals surface area contributed by atoms with Crippen LogP contribution in [0.15, 0.2) is 60.7 Å². The van der Waals surface area contributed by atoms with Crippen LogP contribution in [0.4, 0.5) is 26.3 Å². The van der Waals surface area contributed by atoms with Gasteiger partial charge in [0.25, 0.3) is 0 Å². The molecule has 180 valence electrons. The van der Waals surface area contributed by atoms with Crippen molar-refractivity contribution >= 4 is 5.97 Å². The van der Waals surface area contributed by atoms with E-state index >= 15 is 0 Å². The standard InChI is InChI=1S/C21H18F6O6/c1-13(2)19(28)31-18(11-29-14-3-7-16(8-4-14)32-20(22,23)24)12-30-15-5-9-17(10-6-15)33-21(25,26)27/h3-10,18H,1,11-12H2,2H3. The van der Waals surface area contributed by atoms with E-state index in [0.717, 1.165) is 24.3 Å². The first-order valence-corrected chi connectivity index (χ1v) is 9.14. The lowest BCUT2D eigenvalue weighted by molar-refractivity contribution is -0.275. The maximum absolute atomic E-state index is 12.2. The van der Waals surface area contributed by atoms with Crippen LogP contribution in [0.5, 0.6) is 23.0 Å². The molecule has 0 spiro atoms. The lowest BCUT2D eigenvalue weighted by Crippen LogP contribution is -2.31. The molecule has 0 saturated carbocycles. The Balaban J connectivity index is 1.97. The Hall–Kier alpha value is -3.57. The molecule has 0 bridgehead atoms. The molecule has 0 saturated heterocycles. The molecule has 2 aromatic rings. The Labute approximate surface area is 184 Å². The number of halogens is 6. The molecule has 0 radical (unpaired) electrons. The predicted octanol–water partition coefficient (Wildman–Crippen LogP) is 5.43. The molecule has 12 heteroatoms. The third-order valence-electron chi connectivity index (χ3n) is 3.61. The van der Waals surface area contributed by atoms with Gasteiger partial charge >= 0.3 is 18.7 Å². The number of esters is 1. The van der Waals surface area contributed by atoms with E-state index in [9.17, 15) is 31.1 Å². The Morgan fingerprint density at radius 3 is 1.39 bits per heavy atom. The summed E-state index contributed by atoms with van der Waals surface area (Å²) in [6, 6.07) is 9.05. The van der Waals surface area contributed by atoms with Gasteiger partial charge < -0.3 is 23.7 Å². The van der Waals surface area contributed by atoms with Crippen LogP contribution in [0.2, 0.25) is 0 Å². The van der Waals surface area contributed by atoms with Gasteiger partial charge in [-0.2, -0.15) is 0 Å². The van der Waals surface area contributed by atoms with E-state index in [1.807, 2.05) is 0 Å². The molecule has 0 N–H and O–H groups in total. The summed E-state index contributed by atoms with van der Waals surface area (Å²) in [5, 5.41) is 0. The molecule has 0 aliphatic rings. The third-order valence-corrected chi connectivity index (χ3v) is 3.61. The highest BCUT2D eigenvalue weighted by molar-refractivity contribution is 5.87. The number of benzene rings is 2. The van der Waals surface area contributed by atoms with Gasteiger partial charge in [0.05, 0.1) is 0 Å². The minimum atomic E-state index is -4.83. The van der Waals surface area contributed by atoms with Crippen molar-refractivity contribution in [2.24, 2.45) is 0 Å². The first kappa shape index (κ1) is 25.7. The van der Waals surface area contributed by atoms with Gasteiger partial charge in [-0.25, -0.2) is 4.79 Å². The molecular formula is C21H18F6O6. The average molecular weight is 480 g/mol. The van der Waals surface area contributed by atoms with Gasteiger partial charge in [0.15, 0.2) is 6.10 Å². The van der Waals surface area contributed by atoms with Crippen LogP contribution in [0.25, 0.3) is 0 Å². The van der Waals surface area contributed by atoms with Gasteiger partial charge in [0.2, 0.25) is 0 Å². The Bertz CT molecular complexity index is 859. The van der Waals surface area contributed by atoms with Gasteiger partial charge in [-0.15, -0.1) is 26.3 Å². The number of hydrogen-bond donors (Lipinski definition) is 0. The molecule has 6 nitrogen and oxygen atoms in total. The maximum Gasteiger partial charge on any atom is 0.573 e. The van der Waals surface area contributed by atoms with Crippen molar-refractivity contribution in [1.82, 2.24) is 0 Å². The van der Waals surface area contributed by atoms with E-state index in [-0.39, 0.29) is 30.3 Å². The summed E-state index contributed by atoms with van der Waals surface area (Å²) in [6.07, 6.45) is -10.6. The van der Waals surface area contributed by atoms with Crippen molar-refractivity contribution in [1.29, 1.82) is 0 Å². The summed E-state index contributed by atoms with van der Waals surface area (Å²) in [7, 11) is 0. The fourth-order valence-electron chi connectivity index (χ4n) is 2.22. The predicted molar refractivity (Wildman–Crippen MR) is 102 cm³/mol. The van der Waals surface area contributed by atoms with E-state index in [2.05, 4.69) is 16.1 Å².